The van der Waals surface area contributed by atoms with Crippen LogP contribution >= 0.6 is 0 Å². The number of aromatic nitrogens is 3. The zero-order valence-electron chi connectivity index (χ0n) is 20.4. The summed E-state index contributed by atoms with van der Waals surface area (Å²) in [7, 11) is 0. The Kier molecular flexibility index (Phi) is 9.20. The van der Waals surface area contributed by atoms with Crippen LogP contribution in [0.4, 0.5) is 18.9 Å². The van der Waals surface area contributed by atoms with Crippen molar-refractivity contribution in [3.63, 3.8) is 0 Å². The number of benzene rings is 2. The number of carboxylic acid groups (broad SMARTS) is 2. The van der Waals surface area contributed by atoms with Crippen LogP contribution in [0.3, 0.4) is 0 Å². The number of carbonyl (C=O) groups excluding carboxylic acids is 1. The molecule has 2 atom stereocenters. The highest BCUT2D eigenvalue weighted by atomic mass is 19.4. The van der Waals surface area contributed by atoms with Crippen molar-refractivity contribution < 1.29 is 37.8 Å². The molecule has 0 aliphatic rings. The number of aliphatic carboxylic acids is 2. The highest BCUT2D eigenvalue weighted by Crippen LogP contribution is 2.21. The summed E-state index contributed by atoms with van der Waals surface area (Å²) < 4.78 is 31.7. The summed E-state index contributed by atoms with van der Waals surface area (Å²) >= 11 is 0. The number of hydrogen-bond donors (Lipinski definition) is 5. The molecule has 0 saturated heterocycles. The molecule has 4 aromatic rings. The van der Waals surface area contributed by atoms with Crippen LogP contribution in [-0.2, 0) is 9.59 Å². The van der Waals surface area contributed by atoms with E-state index >= 15 is 0 Å². The van der Waals surface area contributed by atoms with Crippen molar-refractivity contribution in [3.8, 4) is 11.4 Å². The molecule has 0 radical (unpaired) electrons. The number of pyridine rings is 1. The summed E-state index contributed by atoms with van der Waals surface area (Å²) in [4.78, 5) is 45.2. The van der Waals surface area contributed by atoms with Crippen molar-refractivity contribution in [3.05, 3.63) is 78.6 Å². The van der Waals surface area contributed by atoms with Crippen LogP contribution in [0.1, 0.15) is 23.7 Å². The van der Waals surface area contributed by atoms with Gasteiger partial charge < -0.3 is 25.8 Å². The third-order valence-corrected chi connectivity index (χ3v) is 5.32. The van der Waals surface area contributed by atoms with E-state index in [2.05, 4.69) is 25.6 Å². The number of fused-ring (bicyclic) bond motifs is 1. The topological polar surface area (TPSA) is 157 Å². The number of carboxylic acids is 2. The van der Waals surface area contributed by atoms with Gasteiger partial charge in [0.25, 0.3) is 5.91 Å². The van der Waals surface area contributed by atoms with Gasteiger partial charge >= 0.3 is 18.1 Å². The molecule has 1 amide bonds. The summed E-state index contributed by atoms with van der Waals surface area (Å²) in [5.74, 6) is -3.62. The first-order chi connectivity index (χ1) is 18.4. The summed E-state index contributed by atoms with van der Waals surface area (Å²) in [6, 6.07) is 17.1. The van der Waals surface area contributed by atoms with Crippen LogP contribution in [0, 0.1) is 0 Å². The molecule has 10 nitrogen and oxygen atoms in total. The van der Waals surface area contributed by atoms with Gasteiger partial charge in [-0.15, -0.1) is 0 Å². The Bertz CT molecular complexity index is 1430. The van der Waals surface area contributed by atoms with Gasteiger partial charge in [0.05, 0.1) is 11.0 Å². The fourth-order valence-electron chi connectivity index (χ4n) is 3.49. The first-order valence-corrected chi connectivity index (χ1v) is 11.5. The second-order valence-corrected chi connectivity index (χ2v) is 8.37. The van der Waals surface area contributed by atoms with Crippen LogP contribution < -0.4 is 10.6 Å². The number of aromatic amines is 1. The van der Waals surface area contributed by atoms with Gasteiger partial charge in [-0.25, -0.2) is 14.6 Å². The number of alkyl halides is 3. The number of anilines is 1. The van der Waals surface area contributed by atoms with Crippen molar-refractivity contribution >= 4 is 34.6 Å². The van der Waals surface area contributed by atoms with E-state index in [1.165, 1.54) is 0 Å². The monoisotopic (exact) mass is 543 g/mol. The van der Waals surface area contributed by atoms with Crippen LogP contribution in [-0.4, -0.2) is 61.3 Å². The van der Waals surface area contributed by atoms with Gasteiger partial charge in [0.2, 0.25) is 0 Å². The van der Waals surface area contributed by atoms with E-state index in [9.17, 15) is 27.9 Å². The smallest absolute Gasteiger partial charge is 0.480 e. The lowest BCUT2D eigenvalue weighted by Crippen LogP contribution is -2.43. The third-order valence-electron chi connectivity index (χ3n) is 5.32. The normalized spacial score (nSPS) is 12.5. The first-order valence-electron chi connectivity index (χ1n) is 11.5. The Hall–Kier alpha value is -4.94. The van der Waals surface area contributed by atoms with Crippen LogP contribution in [0.15, 0.2) is 73.1 Å². The van der Waals surface area contributed by atoms with Crippen molar-refractivity contribution in [2.75, 3.05) is 5.32 Å². The second kappa shape index (κ2) is 12.5. The standard InChI is InChI=1S/C24H23N5O3.C2HF3O2/c1-15(26-18-5-3-2-4-6-18)13-21(24(31)32)29-23(30)17-7-8-19-20(14-17)28-22(27-19)16-9-11-25-12-10-16;3-2(4,5)1(6)7/h2-12,14-15,21,26H,13H2,1H3,(H,27,28)(H,29,30)(H,31,32);(H,6,7). The molecule has 5 N–H and O–H groups in total. The molecule has 0 saturated carbocycles. The van der Waals surface area contributed by atoms with E-state index in [4.69, 9.17) is 9.90 Å². The molecule has 0 bridgehead atoms. The molecule has 39 heavy (non-hydrogen) atoms. The molecule has 204 valence electrons. The molecule has 0 fully saturated rings. The summed E-state index contributed by atoms with van der Waals surface area (Å²) in [6.45, 7) is 1.88. The number of halogens is 3. The minimum absolute atomic E-state index is 0.156. The molecule has 4 rings (SSSR count). The zero-order chi connectivity index (χ0) is 28.6. The number of nitrogens with one attached hydrogen (secondary N) is 3. The Morgan fingerprint density at radius 2 is 1.64 bits per heavy atom. The molecule has 2 unspecified atom stereocenters. The van der Waals surface area contributed by atoms with E-state index in [0.717, 1.165) is 11.3 Å². The lowest BCUT2D eigenvalue weighted by Gasteiger charge is -2.21. The van der Waals surface area contributed by atoms with E-state index in [1.807, 2.05) is 49.4 Å². The van der Waals surface area contributed by atoms with E-state index in [-0.39, 0.29) is 12.5 Å². The molecular weight excluding hydrogens is 519 g/mol. The number of imidazole rings is 1. The van der Waals surface area contributed by atoms with Crippen molar-refractivity contribution in [1.82, 2.24) is 20.3 Å². The highest BCUT2D eigenvalue weighted by Gasteiger charge is 2.38. The molecule has 0 aliphatic heterocycles. The molecule has 2 aromatic heterocycles. The molecule has 0 spiro atoms. The SMILES string of the molecule is CC(CC(NC(=O)c1ccc2nc(-c3ccncc3)[nH]c2c1)C(=O)O)Nc1ccccc1.O=C(O)C(F)(F)F. The second-order valence-electron chi connectivity index (χ2n) is 8.37. The van der Waals surface area contributed by atoms with Gasteiger partial charge in [-0.1, -0.05) is 18.2 Å². The zero-order valence-corrected chi connectivity index (χ0v) is 20.4. The molecule has 2 aromatic carbocycles. The molecule has 0 aliphatic carbocycles. The van der Waals surface area contributed by atoms with Gasteiger partial charge in [0, 0.05) is 35.2 Å². The van der Waals surface area contributed by atoms with E-state index in [1.54, 1.807) is 30.6 Å². The summed E-state index contributed by atoms with van der Waals surface area (Å²) in [5, 5.41) is 22.6. The van der Waals surface area contributed by atoms with Gasteiger partial charge in [-0.2, -0.15) is 13.2 Å². The van der Waals surface area contributed by atoms with E-state index < -0.39 is 30.1 Å². The van der Waals surface area contributed by atoms with Crippen LogP contribution in [0.5, 0.6) is 0 Å². The maximum absolute atomic E-state index is 12.8. The quantitative estimate of drug-likeness (QED) is 0.220. The Morgan fingerprint density at radius 3 is 2.23 bits per heavy atom. The number of rotatable bonds is 8. The fourth-order valence-corrected chi connectivity index (χ4v) is 3.49. The lowest BCUT2D eigenvalue weighted by atomic mass is 10.1. The number of amides is 1. The third kappa shape index (κ3) is 8.28. The lowest BCUT2D eigenvalue weighted by molar-refractivity contribution is -0.192. The largest absolute Gasteiger partial charge is 0.490 e. The predicted octanol–water partition coefficient (Wildman–Crippen LogP) is 4.33. The number of carbonyl (C=O) groups is 3. The Morgan fingerprint density at radius 1 is 1.00 bits per heavy atom. The van der Waals surface area contributed by atoms with Gasteiger partial charge in [-0.05, 0) is 55.8 Å². The van der Waals surface area contributed by atoms with Crippen molar-refractivity contribution in [1.29, 1.82) is 0 Å². The maximum atomic E-state index is 12.8. The van der Waals surface area contributed by atoms with Crippen molar-refractivity contribution in [2.24, 2.45) is 0 Å². The van der Waals surface area contributed by atoms with Crippen molar-refractivity contribution in [2.45, 2.75) is 31.6 Å². The minimum atomic E-state index is -5.08. The number of H-pyrrole nitrogens is 1. The average Bonchev–Trinajstić information content (AvgIpc) is 3.33. The van der Waals surface area contributed by atoms with E-state index in [0.29, 0.717) is 22.4 Å². The maximum Gasteiger partial charge on any atom is 0.490 e. The molecule has 2 heterocycles. The fraction of sp³-hybridized carbons (Fsp3) is 0.192. The molecular formula is C26H24F3N5O5. The predicted molar refractivity (Wildman–Crippen MR) is 136 cm³/mol. The Balaban J connectivity index is 0.000000532. The number of para-hydroxylation sites is 1. The minimum Gasteiger partial charge on any atom is -0.480 e. The van der Waals surface area contributed by atoms with Gasteiger partial charge in [0.15, 0.2) is 0 Å². The molecule has 13 heteroatoms. The summed E-state index contributed by atoms with van der Waals surface area (Å²) in [5.41, 5.74) is 3.54. The average molecular weight is 544 g/mol. The highest BCUT2D eigenvalue weighted by molar-refractivity contribution is 5.99. The van der Waals surface area contributed by atoms with Crippen LogP contribution in [0.25, 0.3) is 22.4 Å². The van der Waals surface area contributed by atoms with Crippen LogP contribution in [0.2, 0.25) is 0 Å². The first kappa shape index (κ1) is 28.6. The summed E-state index contributed by atoms with van der Waals surface area (Å²) in [6.07, 6.45) is -1.49. The van der Waals surface area contributed by atoms with Gasteiger partial charge in [0.1, 0.15) is 11.9 Å². The number of nitrogens with zero attached hydrogens (tertiary/aromatic N) is 2. The number of hydrogen-bond acceptors (Lipinski definition) is 6. The Labute approximate surface area is 219 Å². The van der Waals surface area contributed by atoms with Gasteiger partial charge in [-0.3, -0.25) is 9.78 Å².